The molecule has 1 aliphatic rings. The molecule has 2 aromatic rings. The van der Waals surface area contributed by atoms with Crippen molar-refractivity contribution in [2.24, 2.45) is 0 Å². The van der Waals surface area contributed by atoms with Crippen LogP contribution in [-0.2, 0) is 12.7 Å². The Morgan fingerprint density at radius 2 is 1.85 bits per heavy atom. The van der Waals surface area contributed by atoms with Crippen LogP contribution in [0.4, 0.5) is 13.2 Å². The SMILES string of the molecule is N#CCSc1nnc(CN2CCCCC2)n1-c1ccccc1C(F)(F)F. The lowest BCUT2D eigenvalue weighted by atomic mass is 10.1. The average molecular weight is 381 g/mol. The van der Waals surface area contributed by atoms with Crippen molar-refractivity contribution in [2.45, 2.75) is 37.1 Å². The van der Waals surface area contributed by atoms with Gasteiger partial charge in [-0.2, -0.15) is 18.4 Å². The van der Waals surface area contributed by atoms with Gasteiger partial charge in [-0.1, -0.05) is 30.3 Å². The fourth-order valence-corrected chi connectivity index (χ4v) is 3.69. The first kappa shape index (κ1) is 18.7. The molecule has 0 amide bonds. The maximum Gasteiger partial charge on any atom is 0.418 e. The van der Waals surface area contributed by atoms with Gasteiger partial charge >= 0.3 is 6.18 Å². The van der Waals surface area contributed by atoms with E-state index in [2.05, 4.69) is 15.1 Å². The smallest absolute Gasteiger partial charge is 0.296 e. The van der Waals surface area contributed by atoms with E-state index in [1.165, 1.54) is 23.1 Å². The summed E-state index contributed by atoms with van der Waals surface area (Å²) in [7, 11) is 0. The Labute approximate surface area is 153 Å². The fraction of sp³-hybridized carbons (Fsp3) is 0.471. The Bertz CT molecular complexity index is 790. The molecule has 5 nitrogen and oxygen atoms in total. The number of piperidine rings is 1. The van der Waals surface area contributed by atoms with Crippen LogP contribution in [0.15, 0.2) is 29.4 Å². The van der Waals surface area contributed by atoms with Gasteiger partial charge in [0, 0.05) is 0 Å². The first-order valence-corrected chi connectivity index (χ1v) is 9.32. The van der Waals surface area contributed by atoms with Crippen LogP contribution >= 0.6 is 11.8 Å². The number of halogens is 3. The number of rotatable bonds is 5. The minimum atomic E-state index is -4.49. The molecule has 0 radical (unpaired) electrons. The van der Waals surface area contributed by atoms with Gasteiger partial charge in [0.15, 0.2) is 11.0 Å². The first-order valence-electron chi connectivity index (χ1n) is 8.33. The van der Waals surface area contributed by atoms with Crippen LogP contribution in [0, 0.1) is 11.3 Å². The van der Waals surface area contributed by atoms with Gasteiger partial charge in [-0.15, -0.1) is 10.2 Å². The summed E-state index contributed by atoms with van der Waals surface area (Å²) < 4.78 is 41.9. The van der Waals surface area contributed by atoms with E-state index in [9.17, 15) is 13.2 Å². The molecule has 1 fully saturated rings. The van der Waals surface area contributed by atoms with Crippen molar-refractivity contribution in [2.75, 3.05) is 18.8 Å². The largest absolute Gasteiger partial charge is 0.418 e. The number of benzene rings is 1. The molecule has 1 aromatic carbocycles. The number of likely N-dealkylation sites (tertiary alicyclic amines) is 1. The summed E-state index contributed by atoms with van der Waals surface area (Å²) in [6.45, 7) is 2.23. The fourth-order valence-electron chi connectivity index (χ4n) is 3.06. The lowest BCUT2D eigenvalue weighted by Crippen LogP contribution is -2.30. The first-order chi connectivity index (χ1) is 12.5. The molecule has 0 atom stereocenters. The maximum atomic E-state index is 13.5. The van der Waals surface area contributed by atoms with Gasteiger partial charge in [-0.25, -0.2) is 0 Å². The number of aromatic nitrogens is 3. The summed E-state index contributed by atoms with van der Waals surface area (Å²) in [4.78, 5) is 2.18. The molecule has 3 rings (SSSR count). The van der Waals surface area contributed by atoms with Crippen molar-refractivity contribution < 1.29 is 13.2 Å². The number of nitriles is 1. The summed E-state index contributed by atoms with van der Waals surface area (Å²) in [6, 6.07) is 7.38. The van der Waals surface area contributed by atoms with E-state index in [0.717, 1.165) is 43.8 Å². The summed E-state index contributed by atoms with van der Waals surface area (Å²) in [5, 5.41) is 17.3. The molecule has 0 N–H and O–H groups in total. The zero-order valence-corrected chi connectivity index (χ0v) is 14.9. The van der Waals surface area contributed by atoms with Gasteiger partial charge in [-0.05, 0) is 38.1 Å². The van der Waals surface area contributed by atoms with Crippen LogP contribution in [0.25, 0.3) is 5.69 Å². The Morgan fingerprint density at radius 3 is 2.54 bits per heavy atom. The molecule has 1 aliphatic heterocycles. The van der Waals surface area contributed by atoms with E-state index in [-0.39, 0.29) is 11.4 Å². The standard InChI is InChI=1S/C17H18F3N5S/c18-17(19,20)13-6-2-3-7-14(13)25-15(12-24-9-4-1-5-10-24)22-23-16(25)26-11-8-21/h2-3,6-7H,1,4-5,9-12H2. The van der Waals surface area contributed by atoms with Gasteiger partial charge in [0.1, 0.15) is 0 Å². The number of para-hydroxylation sites is 1. The topological polar surface area (TPSA) is 57.7 Å². The normalized spacial score (nSPS) is 15.8. The molecule has 0 bridgehead atoms. The van der Waals surface area contributed by atoms with E-state index >= 15 is 0 Å². The second kappa shape index (κ2) is 8.10. The highest BCUT2D eigenvalue weighted by atomic mass is 32.2. The van der Waals surface area contributed by atoms with Crippen molar-refractivity contribution in [3.8, 4) is 11.8 Å². The zero-order valence-electron chi connectivity index (χ0n) is 14.0. The van der Waals surface area contributed by atoms with Crippen LogP contribution in [0.1, 0.15) is 30.7 Å². The summed E-state index contributed by atoms with van der Waals surface area (Å²) in [6.07, 6.45) is -1.17. The van der Waals surface area contributed by atoms with Crippen LogP contribution in [0.5, 0.6) is 0 Å². The van der Waals surface area contributed by atoms with Crippen LogP contribution in [0.3, 0.4) is 0 Å². The van der Waals surface area contributed by atoms with E-state index in [0.29, 0.717) is 17.5 Å². The van der Waals surface area contributed by atoms with Crippen molar-refractivity contribution in [1.82, 2.24) is 19.7 Å². The lowest BCUT2D eigenvalue weighted by molar-refractivity contribution is -0.137. The van der Waals surface area contributed by atoms with Gasteiger partial charge in [0.25, 0.3) is 0 Å². The van der Waals surface area contributed by atoms with E-state index in [4.69, 9.17) is 5.26 Å². The molecule has 0 saturated carbocycles. The highest BCUT2D eigenvalue weighted by Crippen LogP contribution is 2.35. The molecule has 138 valence electrons. The molecule has 0 spiro atoms. The highest BCUT2D eigenvalue weighted by molar-refractivity contribution is 7.99. The second-order valence-corrected chi connectivity index (χ2v) is 6.98. The van der Waals surface area contributed by atoms with Gasteiger partial charge in [0.05, 0.1) is 29.6 Å². The quantitative estimate of drug-likeness (QED) is 0.736. The summed E-state index contributed by atoms with van der Waals surface area (Å²) in [5.74, 6) is 0.555. The summed E-state index contributed by atoms with van der Waals surface area (Å²) >= 11 is 1.09. The Hall–Kier alpha value is -2.05. The van der Waals surface area contributed by atoms with Crippen molar-refractivity contribution >= 4 is 11.8 Å². The molecule has 26 heavy (non-hydrogen) atoms. The molecule has 0 unspecified atom stereocenters. The number of thioether (sulfide) groups is 1. The molecule has 2 heterocycles. The Balaban J connectivity index is 2.03. The zero-order chi connectivity index (χ0) is 18.6. The maximum absolute atomic E-state index is 13.5. The monoisotopic (exact) mass is 381 g/mol. The van der Waals surface area contributed by atoms with Crippen LogP contribution < -0.4 is 0 Å². The summed E-state index contributed by atoms with van der Waals surface area (Å²) in [5.41, 5.74) is -0.740. The number of nitrogens with zero attached hydrogens (tertiary/aromatic N) is 5. The second-order valence-electron chi connectivity index (χ2n) is 6.03. The third-order valence-electron chi connectivity index (χ3n) is 4.23. The molecule has 1 saturated heterocycles. The predicted molar refractivity (Wildman–Crippen MR) is 91.8 cm³/mol. The molecule has 9 heteroatoms. The van der Waals surface area contributed by atoms with Gasteiger partial charge < -0.3 is 0 Å². The number of hydrogen-bond donors (Lipinski definition) is 0. The third kappa shape index (κ3) is 4.19. The number of hydrogen-bond acceptors (Lipinski definition) is 5. The van der Waals surface area contributed by atoms with Crippen LogP contribution in [-0.4, -0.2) is 38.5 Å². The van der Waals surface area contributed by atoms with Crippen LogP contribution in [0.2, 0.25) is 0 Å². The van der Waals surface area contributed by atoms with Crippen molar-refractivity contribution in [3.63, 3.8) is 0 Å². The van der Waals surface area contributed by atoms with Crippen molar-refractivity contribution in [1.29, 1.82) is 5.26 Å². The van der Waals surface area contributed by atoms with E-state index in [1.54, 1.807) is 6.07 Å². The molecule has 0 aliphatic carbocycles. The minimum Gasteiger partial charge on any atom is -0.296 e. The van der Waals surface area contributed by atoms with Crippen molar-refractivity contribution in [3.05, 3.63) is 35.7 Å². The minimum absolute atomic E-state index is 0.00236. The average Bonchev–Trinajstić information content (AvgIpc) is 3.02. The highest BCUT2D eigenvalue weighted by Gasteiger charge is 2.35. The van der Waals surface area contributed by atoms with Gasteiger partial charge in [0.2, 0.25) is 0 Å². The van der Waals surface area contributed by atoms with Gasteiger partial charge in [-0.3, -0.25) is 9.47 Å². The lowest BCUT2D eigenvalue weighted by Gasteiger charge is -2.26. The third-order valence-corrected chi connectivity index (χ3v) is 5.03. The molecular weight excluding hydrogens is 363 g/mol. The van der Waals surface area contributed by atoms with E-state index < -0.39 is 11.7 Å². The predicted octanol–water partition coefficient (Wildman–Crippen LogP) is 3.89. The molecular formula is C17H18F3N5S. The molecule has 1 aromatic heterocycles. The number of alkyl halides is 3. The Morgan fingerprint density at radius 1 is 1.12 bits per heavy atom. The Kier molecular flexibility index (Phi) is 5.84. The van der Waals surface area contributed by atoms with E-state index in [1.807, 2.05) is 6.07 Å².